The lowest BCUT2D eigenvalue weighted by Gasteiger charge is -2.03. The van der Waals surface area contributed by atoms with Crippen molar-refractivity contribution in [3.05, 3.63) is 55.4 Å². The molecule has 0 saturated carbocycles. The van der Waals surface area contributed by atoms with Crippen LogP contribution in [0.3, 0.4) is 0 Å². The fourth-order valence-corrected chi connectivity index (χ4v) is 2.59. The van der Waals surface area contributed by atoms with Crippen LogP contribution in [0.4, 0.5) is 0 Å². The molecule has 0 radical (unpaired) electrons. The summed E-state index contributed by atoms with van der Waals surface area (Å²) >= 11 is 9.13. The minimum atomic E-state index is -0.412. The van der Waals surface area contributed by atoms with Gasteiger partial charge in [-0.25, -0.2) is 4.79 Å². The number of fused-ring (bicyclic) bond motifs is 1. The van der Waals surface area contributed by atoms with E-state index in [1.54, 1.807) is 16.8 Å². The molecule has 0 N–H and O–H groups in total. The number of nitrogens with zero attached hydrogens (tertiary/aromatic N) is 2. The molecule has 3 rings (SSSR count). The van der Waals surface area contributed by atoms with E-state index in [-0.39, 0.29) is 0 Å². The van der Waals surface area contributed by atoms with Crippen LogP contribution in [0, 0.1) is 13.8 Å². The first-order valence-corrected chi connectivity index (χ1v) is 7.10. The Morgan fingerprint density at radius 3 is 2.55 bits per heavy atom. The molecule has 0 aliphatic rings. The number of aryl methyl sites for hydroxylation is 2. The highest BCUT2D eigenvalue weighted by molar-refractivity contribution is 9.10. The number of rotatable bonds is 1. The molecule has 0 spiro atoms. The molecule has 6 heteroatoms. The summed E-state index contributed by atoms with van der Waals surface area (Å²) < 4.78 is 7.42. The summed E-state index contributed by atoms with van der Waals surface area (Å²) in [5.74, 6) is 0. The zero-order chi connectivity index (χ0) is 14.4. The van der Waals surface area contributed by atoms with Gasteiger partial charge in [0.15, 0.2) is 0 Å². The Bertz CT molecular complexity index is 865. The third-order valence-corrected chi connectivity index (χ3v) is 4.33. The van der Waals surface area contributed by atoms with E-state index >= 15 is 0 Å². The molecule has 4 nitrogen and oxygen atoms in total. The molecule has 2 aromatic heterocycles. The van der Waals surface area contributed by atoms with Crippen molar-refractivity contribution in [3.63, 3.8) is 0 Å². The van der Waals surface area contributed by atoms with Gasteiger partial charge in [-0.3, -0.25) is 0 Å². The van der Waals surface area contributed by atoms with Crippen molar-refractivity contribution < 1.29 is 4.42 Å². The van der Waals surface area contributed by atoms with Crippen LogP contribution >= 0.6 is 27.5 Å². The largest absolute Gasteiger partial charge is 0.403 e. The van der Waals surface area contributed by atoms with Crippen molar-refractivity contribution in [1.82, 2.24) is 9.78 Å². The first kappa shape index (κ1) is 13.4. The molecule has 0 fully saturated rings. The molecule has 0 bridgehead atoms. The van der Waals surface area contributed by atoms with Gasteiger partial charge in [0, 0.05) is 5.02 Å². The molecule has 1 aromatic carbocycles. The first-order chi connectivity index (χ1) is 9.49. The predicted octanol–water partition coefficient (Wildman–Crippen LogP) is 4.01. The first-order valence-electron chi connectivity index (χ1n) is 5.93. The Hall–Kier alpha value is -1.59. The Morgan fingerprint density at radius 1 is 1.25 bits per heavy atom. The van der Waals surface area contributed by atoms with Crippen LogP contribution in [0.25, 0.3) is 16.8 Å². The lowest BCUT2D eigenvalue weighted by Crippen LogP contribution is -2.04. The van der Waals surface area contributed by atoms with Crippen molar-refractivity contribution in [3.8, 4) is 5.69 Å². The SMILES string of the molecule is Cc1nn(-c2ccc(Cl)cc2)c2oc(=O)c(Br)c(C)c12. The molecule has 0 amide bonds. The summed E-state index contributed by atoms with van der Waals surface area (Å²) in [6.07, 6.45) is 0. The van der Waals surface area contributed by atoms with E-state index < -0.39 is 5.63 Å². The van der Waals surface area contributed by atoms with Gasteiger partial charge >= 0.3 is 5.63 Å². The van der Waals surface area contributed by atoms with Crippen molar-refractivity contribution in [2.75, 3.05) is 0 Å². The maximum atomic E-state index is 11.8. The molecular formula is C14H10BrClN2O2. The van der Waals surface area contributed by atoms with Crippen LogP contribution in [0.15, 0.2) is 37.9 Å². The van der Waals surface area contributed by atoms with Crippen LogP contribution in [-0.2, 0) is 0 Å². The second-order valence-corrected chi connectivity index (χ2v) is 5.71. The van der Waals surface area contributed by atoms with Gasteiger partial charge in [0.05, 0.1) is 16.8 Å². The molecular weight excluding hydrogens is 344 g/mol. The highest BCUT2D eigenvalue weighted by Crippen LogP contribution is 2.27. The minimum Gasteiger partial charge on any atom is -0.403 e. The normalized spacial score (nSPS) is 11.2. The second-order valence-electron chi connectivity index (χ2n) is 4.48. The van der Waals surface area contributed by atoms with E-state index in [1.165, 1.54) is 0 Å². The minimum absolute atomic E-state index is 0.412. The van der Waals surface area contributed by atoms with Crippen molar-refractivity contribution in [2.24, 2.45) is 0 Å². The van der Waals surface area contributed by atoms with Gasteiger partial charge in [0.1, 0.15) is 4.47 Å². The summed E-state index contributed by atoms with van der Waals surface area (Å²) in [4.78, 5) is 11.8. The smallest absolute Gasteiger partial charge is 0.352 e. The lowest BCUT2D eigenvalue weighted by atomic mass is 10.2. The monoisotopic (exact) mass is 352 g/mol. The molecule has 0 saturated heterocycles. The van der Waals surface area contributed by atoms with Crippen LogP contribution in [0.5, 0.6) is 0 Å². The summed E-state index contributed by atoms with van der Waals surface area (Å²) in [5.41, 5.74) is 2.45. The number of hydrogen-bond donors (Lipinski definition) is 0. The van der Waals surface area contributed by atoms with E-state index in [9.17, 15) is 4.79 Å². The predicted molar refractivity (Wildman–Crippen MR) is 81.8 cm³/mol. The average Bonchev–Trinajstić information content (AvgIpc) is 2.74. The summed E-state index contributed by atoms with van der Waals surface area (Å²) in [6, 6.07) is 7.18. The number of hydrogen-bond acceptors (Lipinski definition) is 3. The van der Waals surface area contributed by atoms with Crippen LogP contribution in [0.2, 0.25) is 5.02 Å². The fraction of sp³-hybridized carbons (Fsp3) is 0.143. The molecule has 2 heterocycles. The van der Waals surface area contributed by atoms with E-state index in [4.69, 9.17) is 16.0 Å². The van der Waals surface area contributed by atoms with E-state index in [1.807, 2.05) is 26.0 Å². The Labute approximate surface area is 128 Å². The number of benzene rings is 1. The van der Waals surface area contributed by atoms with Crippen molar-refractivity contribution in [2.45, 2.75) is 13.8 Å². The van der Waals surface area contributed by atoms with Crippen molar-refractivity contribution in [1.29, 1.82) is 0 Å². The Morgan fingerprint density at radius 2 is 1.90 bits per heavy atom. The molecule has 3 aromatic rings. The zero-order valence-electron chi connectivity index (χ0n) is 10.8. The lowest BCUT2D eigenvalue weighted by molar-refractivity contribution is 0.530. The van der Waals surface area contributed by atoms with Gasteiger partial charge in [-0.05, 0) is 59.6 Å². The standard InChI is InChI=1S/C14H10BrClN2O2/c1-7-11-8(2)17-18(10-5-3-9(16)4-6-10)13(11)20-14(19)12(7)15/h3-6H,1-2H3. The summed E-state index contributed by atoms with van der Waals surface area (Å²) in [6.45, 7) is 3.75. The molecule has 0 unspecified atom stereocenters. The zero-order valence-corrected chi connectivity index (χ0v) is 13.1. The third kappa shape index (κ3) is 1.98. The van der Waals surface area contributed by atoms with Gasteiger partial charge in [-0.1, -0.05) is 11.6 Å². The number of halogens is 2. The average molecular weight is 354 g/mol. The quantitative estimate of drug-likeness (QED) is 0.664. The topological polar surface area (TPSA) is 48.0 Å². The summed E-state index contributed by atoms with van der Waals surface area (Å²) in [7, 11) is 0. The van der Waals surface area contributed by atoms with E-state index in [2.05, 4.69) is 21.0 Å². The Balaban J connectivity index is 2.38. The third-order valence-electron chi connectivity index (χ3n) is 3.16. The van der Waals surface area contributed by atoms with Gasteiger partial charge in [-0.2, -0.15) is 9.78 Å². The highest BCUT2D eigenvalue weighted by atomic mass is 79.9. The Kier molecular flexibility index (Phi) is 3.18. The van der Waals surface area contributed by atoms with Gasteiger partial charge in [0.25, 0.3) is 0 Å². The van der Waals surface area contributed by atoms with E-state index in [0.717, 1.165) is 22.3 Å². The highest BCUT2D eigenvalue weighted by Gasteiger charge is 2.17. The van der Waals surface area contributed by atoms with Gasteiger partial charge in [0.2, 0.25) is 5.71 Å². The molecule has 0 atom stereocenters. The summed E-state index contributed by atoms with van der Waals surface area (Å²) in [5, 5.41) is 5.93. The molecule has 0 aliphatic heterocycles. The second kappa shape index (κ2) is 4.75. The van der Waals surface area contributed by atoms with Crippen LogP contribution in [0.1, 0.15) is 11.3 Å². The van der Waals surface area contributed by atoms with Gasteiger partial charge in [-0.15, -0.1) is 0 Å². The fourth-order valence-electron chi connectivity index (χ4n) is 2.18. The van der Waals surface area contributed by atoms with Crippen molar-refractivity contribution >= 4 is 38.6 Å². The molecule has 20 heavy (non-hydrogen) atoms. The molecule has 0 aliphatic carbocycles. The van der Waals surface area contributed by atoms with E-state index in [0.29, 0.717) is 15.2 Å². The maximum Gasteiger partial charge on any atom is 0.352 e. The maximum absolute atomic E-state index is 11.8. The van der Waals surface area contributed by atoms with Crippen LogP contribution < -0.4 is 5.63 Å². The van der Waals surface area contributed by atoms with Gasteiger partial charge < -0.3 is 4.42 Å². The number of aromatic nitrogens is 2. The van der Waals surface area contributed by atoms with Crippen LogP contribution in [-0.4, -0.2) is 9.78 Å². The molecule has 102 valence electrons.